The Kier molecular flexibility index (Phi) is 5.12. The normalized spacial score (nSPS) is 11.9. The molecular weight excluding hydrogens is 288 g/mol. The molecule has 9 nitrogen and oxygen atoms in total. The number of carbonyl (C=O) groups excluding carboxylic acids is 1. The fourth-order valence-electron chi connectivity index (χ4n) is 2.04. The molecule has 0 saturated heterocycles. The van der Waals surface area contributed by atoms with Crippen molar-refractivity contribution in [3.8, 4) is 0 Å². The summed E-state index contributed by atoms with van der Waals surface area (Å²) in [6, 6.07) is 5.60. The number of nitrogens with one attached hydrogen (secondary N) is 2. The van der Waals surface area contributed by atoms with Gasteiger partial charge in [-0.15, -0.1) is 10.2 Å². The minimum Gasteiger partial charge on any atom is -0.346 e. The Balaban J connectivity index is 1.97. The van der Waals surface area contributed by atoms with Gasteiger partial charge >= 0.3 is 0 Å². The third kappa shape index (κ3) is 4.08. The van der Waals surface area contributed by atoms with Crippen LogP contribution in [-0.2, 0) is 11.2 Å². The summed E-state index contributed by atoms with van der Waals surface area (Å²) in [6.07, 6.45) is 1.69. The van der Waals surface area contributed by atoms with Crippen molar-refractivity contribution in [1.82, 2.24) is 25.9 Å². The lowest BCUT2D eigenvalue weighted by molar-refractivity contribution is -0.384. The number of rotatable bonds is 7. The molecule has 22 heavy (non-hydrogen) atoms. The Morgan fingerprint density at radius 3 is 2.68 bits per heavy atom. The van der Waals surface area contributed by atoms with Gasteiger partial charge < -0.3 is 5.32 Å². The Hall–Kier alpha value is -2.84. The zero-order valence-electron chi connectivity index (χ0n) is 12.0. The van der Waals surface area contributed by atoms with E-state index in [1.807, 2.05) is 6.92 Å². The second kappa shape index (κ2) is 7.25. The lowest BCUT2D eigenvalue weighted by atomic mass is 10.1. The second-order valence-corrected chi connectivity index (χ2v) is 4.78. The standard InChI is InChI=1S/C13H16N6O3/c1-2-3-11(13-15-17-18-16-13)14-12(20)8-9-4-6-10(7-5-9)19(21)22/h4-7,11H,2-3,8H2,1H3,(H,14,20)(H,15,16,17,18). The number of non-ortho nitro benzene ring substituents is 1. The van der Waals surface area contributed by atoms with Gasteiger partial charge in [0, 0.05) is 12.1 Å². The smallest absolute Gasteiger partial charge is 0.269 e. The van der Waals surface area contributed by atoms with Gasteiger partial charge in [0.2, 0.25) is 5.91 Å². The van der Waals surface area contributed by atoms with Gasteiger partial charge in [0.25, 0.3) is 5.69 Å². The zero-order valence-corrected chi connectivity index (χ0v) is 12.0. The summed E-state index contributed by atoms with van der Waals surface area (Å²) in [5.41, 5.74) is 0.700. The summed E-state index contributed by atoms with van der Waals surface area (Å²) in [7, 11) is 0. The number of tetrazole rings is 1. The lowest BCUT2D eigenvalue weighted by Crippen LogP contribution is -2.30. The van der Waals surface area contributed by atoms with Crippen molar-refractivity contribution in [2.75, 3.05) is 0 Å². The summed E-state index contributed by atoms with van der Waals surface area (Å²) in [5.74, 6) is 0.246. The highest BCUT2D eigenvalue weighted by molar-refractivity contribution is 5.79. The lowest BCUT2D eigenvalue weighted by Gasteiger charge is -2.14. The van der Waals surface area contributed by atoms with Crippen LogP contribution in [0.15, 0.2) is 24.3 Å². The van der Waals surface area contributed by atoms with Crippen LogP contribution in [0.25, 0.3) is 0 Å². The van der Waals surface area contributed by atoms with Crippen LogP contribution in [0.5, 0.6) is 0 Å². The molecule has 2 rings (SSSR count). The van der Waals surface area contributed by atoms with Crippen molar-refractivity contribution in [3.63, 3.8) is 0 Å². The quantitative estimate of drug-likeness (QED) is 0.586. The molecule has 9 heteroatoms. The third-order valence-electron chi connectivity index (χ3n) is 3.10. The molecule has 0 bridgehead atoms. The first kappa shape index (κ1) is 15.5. The van der Waals surface area contributed by atoms with Crippen LogP contribution in [0, 0.1) is 10.1 Å². The number of nitro groups is 1. The summed E-state index contributed by atoms with van der Waals surface area (Å²) in [5, 5.41) is 27.1. The van der Waals surface area contributed by atoms with E-state index in [1.165, 1.54) is 12.1 Å². The highest BCUT2D eigenvalue weighted by Crippen LogP contribution is 2.15. The molecule has 1 aromatic carbocycles. The molecule has 0 radical (unpaired) electrons. The first-order chi connectivity index (χ1) is 10.6. The van der Waals surface area contributed by atoms with Gasteiger partial charge in [0.15, 0.2) is 5.82 Å². The third-order valence-corrected chi connectivity index (χ3v) is 3.10. The average Bonchev–Trinajstić information content (AvgIpc) is 3.01. The Labute approximate surface area is 126 Å². The monoisotopic (exact) mass is 304 g/mol. The van der Waals surface area contributed by atoms with Crippen molar-refractivity contribution >= 4 is 11.6 Å². The van der Waals surface area contributed by atoms with Gasteiger partial charge in [-0.25, -0.2) is 0 Å². The summed E-state index contributed by atoms with van der Waals surface area (Å²) < 4.78 is 0. The van der Waals surface area contributed by atoms with Crippen molar-refractivity contribution in [1.29, 1.82) is 0 Å². The second-order valence-electron chi connectivity index (χ2n) is 4.78. The Morgan fingerprint density at radius 2 is 2.14 bits per heavy atom. The van der Waals surface area contributed by atoms with Gasteiger partial charge in [0.05, 0.1) is 17.4 Å². The van der Waals surface area contributed by atoms with E-state index in [-0.39, 0.29) is 24.1 Å². The molecule has 2 N–H and O–H groups in total. The van der Waals surface area contributed by atoms with E-state index >= 15 is 0 Å². The largest absolute Gasteiger partial charge is 0.346 e. The molecule has 1 heterocycles. The molecule has 2 aromatic rings. The van der Waals surface area contributed by atoms with E-state index in [9.17, 15) is 14.9 Å². The van der Waals surface area contributed by atoms with Gasteiger partial charge in [0.1, 0.15) is 0 Å². The number of H-pyrrole nitrogens is 1. The van der Waals surface area contributed by atoms with Gasteiger partial charge in [-0.05, 0) is 12.0 Å². The van der Waals surface area contributed by atoms with E-state index in [2.05, 4.69) is 25.9 Å². The number of nitro benzene ring substituents is 1. The summed E-state index contributed by atoms with van der Waals surface area (Å²) >= 11 is 0. The van der Waals surface area contributed by atoms with Gasteiger partial charge in [-0.2, -0.15) is 5.21 Å². The molecule has 1 unspecified atom stereocenters. The van der Waals surface area contributed by atoms with Gasteiger partial charge in [-0.1, -0.05) is 30.7 Å². The number of nitrogens with zero attached hydrogens (tertiary/aromatic N) is 4. The Morgan fingerprint density at radius 1 is 1.41 bits per heavy atom. The number of aromatic nitrogens is 4. The fraction of sp³-hybridized carbons (Fsp3) is 0.385. The van der Waals surface area contributed by atoms with Gasteiger partial charge in [-0.3, -0.25) is 14.9 Å². The maximum atomic E-state index is 12.1. The van der Waals surface area contributed by atoms with Crippen molar-refractivity contribution in [2.45, 2.75) is 32.2 Å². The predicted octanol–water partition coefficient (Wildman–Crippen LogP) is 1.31. The van der Waals surface area contributed by atoms with E-state index < -0.39 is 4.92 Å². The van der Waals surface area contributed by atoms with E-state index in [0.717, 1.165) is 6.42 Å². The summed E-state index contributed by atoms with van der Waals surface area (Å²) in [6.45, 7) is 2.00. The van der Waals surface area contributed by atoms with Crippen LogP contribution < -0.4 is 5.32 Å². The van der Waals surface area contributed by atoms with Crippen LogP contribution in [0.2, 0.25) is 0 Å². The van der Waals surface area contributed by atoms with Crippen LogP contribution in [0.4, 0.5) is 5.69 Å². The molecule has 0 aliphatic carbocycles. The fourth-order valence-corrected chi connectivity index (χ4v) is 2.04. The minimum atomic E-state index is -0.475. The summed E-state index contributed by atoms with van der Waals surface area (Å²) in [4.78, 5) is 22.2. The zero-order chi connectivity index (χ0) is 15.9. The molecule has 0 aliphatic rings. The first-order valence-electron chi connectivity index (χ1n) is 6.86. The minimum absolute atomic E-state index is 0.000171. The molecule has 0 saturated carbocycles. The van der Waals surface area contributed by atoms with Crippen molar-refractivity contribution < 1.29 is 9.72 Å². The van der Waals surface area contributed by atoms with Crippen molar-refractivity contribution in [2.24, 2.45) is 0 Å². The average molecular weight is 304 g/mol. The number of hydrogen-bond donors (Lipinski definition) is 2. The van der Waals surface area contributed by atoms with Crippen molar-refractivity contribution in [3.05, 3.63) is 45.8 Å². The highest BCUT2D eigenvalue weighted by Gasteiger charge is 2.18. The molecule has 0 fully saturated rings. The highest BCUT2D eigenvalue weighted by atomic mass is 16.6. The number of carbonyl (C=O) groups is 1. The maximum absolute atomic E-state index is 12.1. The maximum Gasteiger partial charge on any atom is 0.269 e. The van der Waals surface area contributed by atoms with Crippen LogP contribution in [-0.4, -0.2) is 31.5 Å². The predicted molar refractivity (Wildman–Crippen MR) is 76.8 cm³/mol. The molecule has 116 valence electrons. The first-order valence-corrected chi connectivity index (χ1v) is 6.86. The molecule has 0 aliphatic heterocycles. The molecule has 1 amide bonds. The Bertz CT molecular complexity index is 626. The van der Waals surface area contributed by atoms with E-state index in [4.69, 9.17) is 0 Å². The number of hydrogen-bond acceptors (Lipinski definition) is 6. The molecule has 1 aromatic heterocycles. The number of amides is 1. The van der Waals surface area contributed by atoms with Crippen LogP contribution in [0.1, 0.15) is 37.2 Å². The van der Waals surface area contributed by atoms with Crippen LogP contribution in [0.3, 0.4) is 0 Å². The van der Waals surface area contributed by atoms with Crippen LogP contribution >= 0.6 is 0 Å². The molecule has 1 atom stereocenters. The van der Waals surface area contributed by atoms with E-state index in [1.54, 1.807) is 12.1 Å². The number of aromatic amines is 1. The molecule has 0 spiro atoms. The SMILES string of the molecule is CCCC(NC(=O)Cc1ccc([N+](=O)[O-])cc1)c1nn[nH]n1. The topological polar surface area (TPSA) is 127 Å². The number of benzene rings is 1. The molecular formula is C13H16N6O3. The van der Waals surface area contributed by atoms with E-state index in [0.29, 0.717) is 17.8 Å².